The Balaban J connectivity index is 1.62. The number of nitrogens with one attached hydrogen (secondary N) is 2. The summed E-state index contributed by atoms with van der Waals surface area (Å²) >= 11 is 1.62. The minimum absolute atomic E-state index is 0.220. The lowest BCUT2D eigenvalue weighted by Gasteiger charge is -2.09. The van der Waals surface area contributed by atoms with E-state index in [2.05, 4.69) is 10.0 Å². The third-order valence-electron chi connectivity index (χ3n) is 3.98. The van der Waals surface area contributed by atoms with E-state index in [0.717, 1.165) is 12.5 Å². The molecule has 150 valence electrons. The number of hydrogen-bond donors (Lipinski definition) is 2. The number of non-ortho nitro benzene ring substituents is 1. The summed E-state index contributed by atoms with van der Waals surface area (Å²) in [7, 11) is -4.00. The van der Waals surface area contributed by atoms with Crippen LogP contribution < -0.4 is 10.0 Å². The lowest BCUT2D eigenvalue weighted by Crippen LogP contribution is -2.25. The molecule has 0 aliphatic carbocycles. The van der Waals surface area contributed by atoms with Gasteiger partial charge < -0.3 is 5.32 Å². The van der Waals surface area contributed by atoms with E-state index in [1.54, 1.807) is 11.3 Å². The summed E-state index contributed by atoms with van der Waals surface area (Å²) in [4.78, 5) is 23.3. The monoisotopic (exact) mass is 431 g/mol. The minimum atomic E-state index is -4.00. The van der Waals surface area contributed by atoms with E-state index in [0.29, 0.717) is 12.1 Å². The van der Waals surface area contributed by atoms with E-state index in [-0.39, 0.29) is 22.2 Å². The van der Waals surface area contributed by atoms with Crippen LogP contribution >= 0.6 is 11.3 Å². The molecule has 1 amide bonds. The van der Waals surface area contributed by atoms with Crippen LogP contribution in [0.1, 0.15) is 15.2 Å². The Morgan fingerprint density at radius 3 is 2.48 bits per heavy atom. The zero-order chi connectivity index (χ0) is 20.9. The molecule has 2 N–H and O–H groups in total. The highest BCUT2D eigenvalue weighted by Crippen LogP contribution is 2.20. The number of hydrogen-bond acceptors (Lipinski definition) is 6. The van der Waals surface area contributed by atoms with Crippen molar-refractivity contribution < 1.29 is 18.1 Å². The van der Waals surface area contributed by atoms with Crippen LogP contribution in [-0.4, -0.2) is 25.8 Å². The number of anilines is 1. The van der Waals surface area contributed by atoms with Crippen LogP contribution in [0.3, 0.4) is 0 Å². The largest absolute Gasteiger partial charge is 0.352 e. The predicted molar refractivity (Wildman–Crippen MR) is 111 cm³/mol. The molecule has 2 aromatic carbocycles. The summed E-state index contributed by atoms with van der Waals surface area (Å²) < 4.78 is 27.2. The molecule has 0 fully saturated rings. The van der Waals surface area contributed by atoms with Gasteiger partial charge in [0.15, 0.2) is 0 Å². The second kappa shape index (κ2) is 8.84. The van der Waals surface area contributed by atoms with Crippen molar-refractivity contribution in [1.29, 1.82) is 0 Å². The summed E-state index contributed by atoms with van der Waals surface area (Å²) in [6.07, 6.45) is 0.741. The Kier molecular flexibility index (Phi) is 6.25. The predicted octanol–water partition coefficient (Wildman–Crippen LogP) is 3.43. The SMILES string of the molecule is O=C(NCCc1cccs1)c1ccc(NS(=O)(=O)c2cccc([N+](=O)[O-])c2)cc1. The first kappa shape index (κ1) is 20.5. The van der Waals surface area contributed by atoms with Crippen LogP contribution in [0.2, 0.25) is 0 Å². The zero-order valence-corrected chi connectivity index (χ0v) is 16.7. The molecule has 8 nitrogen and oxygen atoms in total. The van der Waals surface area contributed by atoms with Gasteiger partial charge in [-0.3, -0.25) is 19.6 Å². The number of nitrogens with zero attached hydrogens (tertiary/aromatic N) is 1. The number of rotatable bonds is 8. The molecule has 3 aromatic rings. The van der Waals surface area contributed by atoms with Crippen molar-refractivity contribution in [2.45, 2.75) is 11.3 Å². The van der Waals surface area contributed by atoms with Crippen molar-refractivity contribution in [3.63, 3.8) is 0 Å². The highest BCUT2D eigenvalue weighted by Gasteiger charge is 2.18. The second-order valence-electron chi connectivity index (χ2n) is 6.02. The number of amides is 1. The fraction of sp³-hybridized carbons (Fsp3) is 0.105. The zero-order valence-electron chi connectivity index (χ0n) is 15.1. The van der Waals surface area contributed by atoms with Crippen molar-refractivity contribution >= 4 is 38.6 Å². The highest BCUT2D eigenvalue weighted by atomic mass is 32.2. The molecular weight excluding hydrogens is 414 g/mol. The molecule has 29 heavy (non-hydrogen) atoms. The lowest BCUT2D eigenvalue weighted by atomic mass is 10.2. The van der Waals surface area contributed by atoms with Gasteiger partial charge in [-0.1, -0.05) is 12.1 Å². The molecule has 3 rings (SSSR count). The summed E-state index contributed by atoms with van der Waals surface area (Å²) in [5, 5.41) is 15.6. The Labute approximate surface area is 171 Å². The third-order valence-corrected chi connectivity index (χ3v) is 6.29. The normalized spacial score (nSPS) is 11.0. The van der Waals surface area contributed by atoms with Gasteiger partial charge in [-0.05, 0) is 48.2 Å². The number of sulfonamides is 1. The first-order chi connectivity index (χ1) is 13.8. The van der Waals surface area contributed by atoms with E-state index >= 15 is 0 Å². The maximum absolute atomic E-state index is 12.4. The van der Waals surface area contributed by atoms with Gasteiger partial charge in [0, 0.05) is 34.8 Å². The summed E-state index contributed by atoms with van der Waals surface area (Å²) in [5.41, 5.74) is 0.323. The number of carbonyl (C=O) groups is 1. The third kappa shape index (κ3) is 5.39. The average molecular weight is 431 g/mol. The number of carbonyl (C=O) groups excluding carboxylic acids is 1. The van der Waals surface area contributed by atoms with Crippen LogP contribution in [0.5, 0.6) is 0 Å². The highest BCUT2D eigenvalue weighted by molar-refractivity contribution is 7.92. The molecule has 0 unspecified atom stereocenters. The van der Waals surface area contributed by atoms with E-state index in [1.807, 2.05) is 17.5 Å². The maximum Gasteiger partial charge on any atom is 0.270 e. The average Bonchev–Trinajstić information content (AvgIpc) is 3.22. The van der Waals surface area contributed by atoms with E-state index in [9.17, 15) is 23.3 Å². The number of nitro groups is 1. The van der Waals surface area contributed by atoms with Crippen molar-refractivity contribution in [2.75, 3.05) is 11.3 Å². The van der Waals surface area contributed by atoms with Gasteiger partial charge in [0.05, 0.1) is 9.82 Å². The van der Waals surface area contributed by atoms with Gasteiger partial charge in [-0.25, -0.2) is 8.42 Å². The van der Waals surface area contributed by atoms with Gasteiger partial charge in [-0.2, -0.15) is 0 Å². The smallest absolute Gasteiger partial charge is 0.270 e. The Morgan fingerprint density at radius 2 is 1.83 bits per heavy atom. The molecule has 0 bridgehead atoms. The maximum atomic E-state index is 12.4. The molecule has 0 saturated heterocycles. The van der Waals surface area contributed by atoms with Crippen LogP contribution in [-0.2, 0) is 16.4 Å². The molecule has 0 spiro atoms. The molecule has 0 atom stereocenters. The molecule has 0 saturated carbocycles. The topological polar surface area (TPSA) is 118 Å². The quantitative estimate of drug-likeness (QED) is 0.418. The van der Waals surface area contributed by atoms with E-state index in [1.165, 1.54) is 47.3 Å². The number of nitro benzene ring substituents is 1. The Hall–Kier alpha value is -3.24. The van der Waals surface area contributed by atoms with Crippen LogP contribution in [0.15, 0.2) is 70.9 Å². The molecule has 10 heteroatoms. The van der Waals surface area contributed by atoms with Gasteiger partial charge in [0.2, 0.25) is 0 Å². The van der Waals surface area contributed by atoms with Crippen molar-refractivity contribution in [3.05, 3.63) is 86.6 Å². The molecule has 1 aromatic heterocycles. The van der Waals surface area contributed by atoms with Crippen LogP contribution in [0.25, 0.3) is 0 Å². The van der Waals surface area contributed by atoms with Gasteiger partial charge >= 0.3 is 0 Å². The van der Waals surface area contributed by atoms with E-state index < -0.39 is 14.9 Å². The van der Waals surface area contributed by atoms with Gasteiger partial charge in [0.25, 0.3) is 21.6 Å². The molecular formula is C19H17N3O5S2. The van der Waals surface area contributed by atoms with Crippen molar-refractivity contribution in [2.24, 2.45) is 0 Å². The second-order valence-corrected chi connectivity index (χ2v) is 8.74. The molecule has 0 aliphatic heterocycles. The molecule has 1 heterocycles. The molecule has 0 aliphatic rings. The van der Waals surface area contributed by atoms with Gasteiger partial charge in [0.1, 0.15) is 0 Å². The summed E-state index contributed by atoms with van der Waals surface area (Å²) in [6.45, 7) is 0.501. The molecule has 0 radical (unpaired) electrons. The first-order valence-corrected chi connectivity index (χ1v) is 10.9. The van der Waals surface area contributed by atoms with Crippen LogP contribution in [0, 0.1) is 10.1 Å². The Bertz CT molecular complexity index is 1110. The van der Waals surface area contributed by atoms with Gasteiger partial charge in [-0.15, -0.1) is 11.3 Å². The standard InChI is InChI=1S/C19H17N3O5S2/c23-19(20-11-10-17-4-2-12-28-17)14-6-8-15(9-7-14)21-29(26,27)18-5-1-3-16(13-18)22(24)25/h1-9,12-13,21H,10-11H2,(H,20,23). The number of thiophene rings is 1. The Morgan fingerprint density at radius 1 is 1.07 bits per heavy atom. The van der Waals surface area contributed by atoms with Crippen molar-refractivity contribution in [3.8, 4) is 0 Å². The lowest BCUT2D eigenvalue weighted by molar-refractivity contribution is -0.385. The fourth-order valence-electron chi connectivity index (χ4n) is 2.52. The minimum Gasteiger partial charge on any atom is -0.352 e. The van der Waals surface area contributed by atoms with Crippen molar-refractivity contribution in [1.82, 2.24) is 5.32 Å². The number of benzene rings is 2. The first-order valence-electron chi connectivity index (χ1n) is 8.53. The summed E-state index contributed by atoms with van der Waals surface area (Å²) in [5.74, 6) is -0.255. The summed E-state index contributed by atoms with van der Waals surface area (Å²) in [6, 6.07) is 14.7. The fourth-order valence-corrected chi connectivity index (χ4v) is 4.33. The van der Waals surface area contributed by atoms with Crippen LogP contribution in [0.4, 0.5) is 11.4 Å². The van der Waals surface area contributed by atoms with E-state index in [4.69, 9.17) is 0 Å².